The first-order chi connectivity index (χ1) is 10.0. The molecule has 1 N–H and O–H groups in total. The molecule has 120 valence electrons. The molecule has 0 spiro atoms. The van der Waals surface area contributed by atoms with E-state index in [1.807, 2.05) is 0 Å². The molecule has 2 heteroatoms. The number of hydrogen-bond acceptors (Lipinski definition) is 2. The lowest BCUT2D eigenvalue weighted by molar-refractivity contribution is 0.199. The fourth-order valence-corrected chi connectivity index (χ4v) is 3.09. The topological polar surface area (TPSA) is 29.5 Å². The molecule has 0 saturated heterocycles. The lowest BCUT2D eigenvalue weighted by Crippen LogP contribution is -2.09. The molecule has 0 heterocycles. The molecule has 2 nitrogen and oxygen atoms in total. The van der Waals surface area contributed by atoms with Crippen LogP contribution in [0.4, 0.5) is 0 Å². The summed E-state index contributed by atoms with van der Waals surface area (Å²) in [5.41, 5.74) is 3.97. The molecule has 0 bridgehead atoms. The molecule has 0 saturated carbocycles. The average molecular weight is 292 g/mol. The molecule has 0 aliphatic rings. The second-order valence-electron chi connectivity index (χ2n) is 6.46. The highest BCUT2D eigenvalue weighted by Gasteiger charge is 2.13. The van der Waals surface area contributed by atoms with Crippen LogP contribution in [0.2, 0.25) is 0 Å². The molecule has 0 amide bonds. The third kappa shape index (κ3) is 5.70. The third-order valence-corrected chi connectivity index (χ3v) is 3.86. The van der Waals surface area contributed by atoms with E-state index in [0.29, 0.717) is 12.5 Å². The van der Waals surface area contributed by atoms with E-state index in [9.17, 15) is 0 Å². The highest BCUT2D eigenvalue weighted by molar-refractivity contribution is 5.45. The van der Waals surface area contributed by atoms with E-state index in [1.165, 1.54) is 23.1 Å². The van der Waals surface area contributed by atoms with Crippen LogP contribution in [-0.4, -0.2) is 18.3 Å². The minimum Gasteiger partial charge on any atom is -0.491 e. The fraction of sp³-hybridized carbons (Fsp3) is 0.684. The number of aliphatic hydroxyl groups is 1. The summed E-state index contributed by atoms with van der Waals surface area (Å²) in [5.74, 6) is 2.46. The van der Waals surface area contributed by atoms with Gasteiger partial charge >= 0.3 is 0 Å². The number of benzene rings is 1. The molecule has 1 rings (SSSR count). The summed E-state index contributed by atoms with van der Waals surface area (Å²) in [4.78, 5) is 0. The number of ether oxygens (including phenoxy) is 1. The summed E-state index contributed by atoms with van der Waals surface area (Å²) in [6.07, 6.45) is 4.35. The zero-order valence-electron chi connectivity index (χ0n) is 14.4. The number of rotatable bonds is 9. The lowest BCUT2D eigenvalue weighted by Gasteiger charge is -2.19. The van der Waals surface area contributed by atoms with E-state index in [0.717, 1.165) is 30.9 Å². The van der Waals surface area contributed by atoms with Crippen LogP contribution in [0, 0.1) is 11.8 Å². The van der Waals surface area contributed by atoms with Crippen LogP contribution in [0.3, 0.4) is 0 Å². The largest absolute Gasteiger partial charge is 0.491 e. The smallest absolute Gasteiger partial charge is 0.125 e. The van der Waals surface area contributed by atoms with Crippen LogP contribution >= 0.6 is 0 Å². The molecule has 0 aromatic heterocycles. The Kier molecular flexibility index (Phi) is 7.81. The number of hydrogen-bond donors (Lipinski definition) is 1. The zero-order valence-corrected chi connectivity index (χ0v) is 14.4. The molecule has 1 aromatic rings. The zero-order chi connectivity index (χ0) is 15.8. The van der Waals surface area contributed by atoms with Crippen molar-refractivity contribution in [1.29, 1.82) is 0 Å². The van der Waals surface area contributed by atoms with E-state index < -0.39 is 0 Å². The monoisotopic (exact) mass is 292 g/mol. The van der Waals surface area contributed by atoms with Crippen LogP contribution < -0.4 is 4.74 Å². The lowest BCUT2D eigenvalue weighted by atomic mass is 9.90. The van der Waals surface area contributed by atoms with Crippen molar-refractivity contribution >= 4 is 0 Å². The number of aryl methyl sites for hydroxylation is 2. The van der Waals surface area contributed by atoms with Gasteiger partial charge in [0.05, 0.1) is 6.61 Å². The van der Waals surface area contributed by atoms with Crippen LogP contribution in [0.25, 0.3) is 0 Å². The van der Waals surface area contributed by atoms with Gasteiger partial charge in [-0.2, -0.15) is 0 Å². The van der Waals surface area contributed by atoms with Gasteiger partial charge in [-0.1, -0.05) is 46.8 Å². The van der Waals surface area contributed by atoms with E-state index >= 15 is 0 Å². The van der Waals surface area contributed by atoms with Crippen molar-refractivity contribution in [1.82, 2.24) is 0 Å². The molecule has 1 unspecified atom stereocenters. The minimum absolute atomic E-state index is 0.0689. The predicted molar refractivity (Wildman–Crippen MR) is 90.1 cm³/mol. The van der Waals surface area contributed by atoms with Crippen molar-refractivity contribution in [3.05, 3.63) is 28.8 Å². The van der Waals surface area contributed by atoms with E-state index in [1.54, 1.807) is 0 Å². The van der Waals surface area contributed by atoms with E-state index in [-0.39, 0.29) is 6.61 Å². The summed E-state index contributed by atoms with van der Waals surface area (Å²) in [7, 11) is 0. The van der Waals surface area contributed by atoms with Crippen molar-refractivity contribution in [3.63, 3.8) is 0 Å². The van der Waals surface area contributed by atoms with Crippen molar-refractivity contribution in [2.75, 3.05) is 13.2 Å². The molecule has 21 heavy (non-hydrogen) atoms. The minimum atomic E-state index is 0.0689. The van der Waals surface area contributed by atoms with Crippen molar-refractivity contribution in [2.45, 2.75) is 60.3 Å². The van der Waals surface area contributed by atoms with Gasteiger partial charge in [0.1, 0.15) is 12.4 Å². The standard InChI is InChI=1S/C19H32O2/c1-6-17-12-16(11-15(5)10-14(3)4)13-18(7-2)19(17)21-9-8-20/h12-15,20H,6-11H2,1-5H3. The van der Waals surface area contributed by atoms with Gasteiger partial charge in [-0.05, 0) is 54.2 Å². The second kappa shape index (κ2) is 9.09. The van der Waals surface area contributed by atoms with Crippen molar-refractivity contribution < 1.29 is 9.84 Å². The van der Waals surface area contributed by atoms with E-state index in [4.69, 9.17) is 9.84 Å². The Bertz CT molecular complexity index is 399. The normalized spacial score (nSPS) is 12.7. The average Bonchev–Trinajstić information content (AvgIpc) is 2.43. The van der Waals surface area contributed by atoms with Crippen LogP contribution in [0.1, 0.15) is 57.7 Å². The van der Waals surface area contributed by atoms with Crippen molar-refractivity contribution in [3.8, 4) is 5.75 Å². The maximum Gasteiger partial charge on any atom is 0.125 e. The summed E-state index contributed by atoms with van der Waals surface area (Å²) in [6, 6.07) is 4.59. The highest BCUT2D eigenvalue weighted by Crippen LogP contribution is 2.29. The molecule has 1 aromatic carbocycles. The molecule has 1 atom stereocenters. The SMILES string of the molecule is CCc1cc(CC(C)CC(C)C)cc(CC)c1OCCO. The molecular weight excluding hydrogens is 260 g/mol. The van der Waals surface area contributed by atoms with Gasteiger partial charge in [0.25, 0.3) is 0 Å². The molecule has 0 radical (unpaired) electrons. The van der Waals surface area contributed by atoms with Gasteiger partial charge in [0.15, 0.2) is 0 Å². The Labute approximate surface area is 130 Å². The maximum atomic E-state index is 8.99. The predicted octanol–water partition coefficient (Wildman–Crippen LogP) is 4.41. The molecule has 0 fully saturated rings. The van der Waals surface area contributed by atoms with Crippen molar-refractivity contribution in [2.24, 2.45) is 11.8 Å². The van der Waals surface area contributed by atoms with Crippen LogP contribution in [0.5, 0.6) is 5.75 Å². The summed E-state index contributed by atoms with van der Waals surface area (Å²) in [6.45, 7) is 11.7. The fourth-order valence-electron chi connectivity index (χ4n) is 3.09. The van der Waals surface area contributed by atoms with Gasteiger partial charge in [-0.15, -0.1) is 0 Å². The quantitative estimate of drug-likeness (QED) is 0.730. The Morgan fingerprint density at radius 2 is 1.62 bits per heavy atom. The number of aliphatic hydroxyl groups excluding tert-OH is 1. The molecular formula is C19H32O2. The third-order valence-electron chi connectivity index (χ3n) is 3.86. The Morgan fingerprint density at radius 3 is 2.05 bits per heavy atom. The first kappa shape index (κ1) is 18.0. The van der Waals surface area contributed by atoms with E-state index in [2.05, 4.69) is 46.8 Å². The molecule has 0 aliphatic heterocycles. The Hall–Kier alpha value is -1.02. The Morgan fingerprint density at radius 1 is 1.05 bits per heavy atom. The van der Waals surface area contributed by atoms with Crippen LogP contribution in [-0.2, 0) is 19.3 Å². The summed E-state index contributed by atoms with van der Waals surface area (Å²) >= 11 is 0. The van der Waals surface area contributed by atoms with Gasteiger partial charge in [0, 0.05) is 0 Å². The summed E-state index contributed by atoms with van der Waals surface area (Å²) in [5, 5.41) is 8.99. The van der Waals surface area contributed by atoms with Crippen LogP contribution in [0.15, 0.2) is 12.1 Å². The maximum absolute atomic E-state index is 8.99. The first-order valence-corrected chi connectivity index (χ1v) is 8.40. The summed E-state index contributed by atoms with van der Waals surface area (Å²) < 4.78 is 5.77. The van der Waals surface area contributed by atoms with Gasteiger partial charge < -0.3 is 9.84 Å². The van der Waals surface area contributed by atoms with Gasteiger partial charge in [0.2, 0.25) is 0 Å². The molecule has 0 aliphatic carbocycles. The Balaban J connectivity index is 2.96. The van der Waals surface area contributed by atoms with Gasteiger partial charge in [-0.25, -0.2) is 0 Å². The first-order valence-electron chi connectivity index (χ1n) is 8.40. The second-order valence-corrected chi connectivity index (χ2v) is 6.46. The van der Waals surface area contributed by atoms with Gasteiger partial charge in [-0.3, -0.25) is 0 Å². The highest BCUT2D eigenvalue weighted by atomic mass is 16.5.